The van der Waals surface area contributed by atoms with Gasteiger partial charge in [-0.1, -0.05) is 19.1 Å². The van der Waals surface area contributed by atoms with Crippen LogP contribution in [0.15, 0.2) is 12.2 Å². The van der Waals surface area contributed by atoms with Crippen LogP contribution in [0, 0.1) is 17.3 Å². The molecule has 1 fully saturated rings. The zero-order valence-electron chi connectivity index (χ0n) is 9.86. The van der Waals surface area contributed by atoms with Gasteiger partial charge in [-0.2, -0.15) is 0 Å². The van der Waals surface area contributed by atoms with Crippen LogP contribution in [-0.4, -0.2) is 18.9 Å². The number of fused-ring (bicyclic) bond motifs is 1. The molecular weight excluding hydrogens is 204 g/mol. The lowest BCUT2D eigenvalue weighted by atomic mass is 9.60. The maximum Gasteiger partial charge on any atom is 0.309 e. The van der Waals surface area contributed by atoms with Gasteiger partial charge in [0.25, 0.3) is 0 Å². The summed E-state index contributed by atoms with van der Waals surface area (Å²) >= 11 is 0. The van der Waals surface area contributed by atoms with Crippen molar-refractivity contribution < 1.29 is 14.3 Å². The average molecular weight is 222 g/mol. The van der Waals surface area contributed by atoms with Gasteiger partial charge in [0.1, 0.15) is 5.78 Å². The minimum absolute atomic E-state index is 0.214. The number of carbonyl (C=O) groups excluding carboxylic acids is 2. The van der Waals surface area contributed by atoms with Crippen molar-refractivity contribution in [3.05, 3.63) is 12.2 Å². The van der Waals surface area contributed by atoms with Gasteiger partial charge in [0, 0.05) is 11.8 Å². The zero-order chi connectivity index (χ0) is 11.8. The highest BCUT2D eigenvalue weighted by atomic mass is 16.5. The molecule has 0 bridgehead atoms. The van der Waals surface area contributed by atoms with Crippen LogP contribution in [0.2, 0.25) is 0 Å². The number of Topliss-reactive ketones (excluding diaryl/α,β-unsaturated/α-hetero) is 1. The third kappa shape index (κ3) is 1.68. The predicted molar refractivity (Wildman–Crippen MR) is 59.7 cm³/mol. The molecular formula is C13H18O3. The van der Waals surface area contributed by atoms with Crippen LogP contribution in [0.1, 0.15) is 32.6 Å². The summed E-state index contributed by atoms with van der Waals surface area (Å²) in [6, 6.07) is 0. The second-order valence-corrected chi connectivity index (χ2v) is 5.07. The molecule has 0 aromatic rings. The molecule has 0 radical (unpaired) electrons. The Morgan fingerprint density at radius 3 is 3.00 bits per heavy atom. The first-order valence-corrected chi connectivity index (χ1v) is 5.85. The molecule has 0 heterocycles. The topological polar surface area (TPSA) is 43.4 Å². The van der Waals surface area contributed by atoms with Crippen molar-refractivity contribution in [1.82, 2.24) is 0 Å². The van der Waals surface area contributed by atoms with E-state index in [9.17, 15) is 9.59 Å². The van der Waals surface area contributed by atoms with Gasteiger partial charge in [0.05, 0.1) is 13.0 Å². The van der Waals surface area contributed by atoms with E-state index in [0.717, 1.165) is 19.3 Å². The Balaban J connectivity index is 2.21. The summed E-state index contributed by atoms with van der Waals surface area (Å²) in [7, 11) is 1.39. The van der Waals surface area contributed by atoms with E-state index in [4.69, 9.17) is 4.74 Å². The van der Waals surface area contributed by atoms with Crippen molar-refractivity contribution in [2.75, 3.05) is 7.11 Å². The van der Waals surface area contributed by atoms with E-state index in [2.05, 4.69) is 12.2 Å². The molecule has 0 saturated heterocycles. The number of carbonyl (C=O) groups is 2. The summed E-state index contributed by atoms with van der Waals surface area (Å²) in [5.41, 5.74) is -0.237. The van der Waals surface area contributed by atoms with E-state index in [0.29, 0.717) is 6.42 Å². The Bertz CT molecular complexity index is 345. The van der Waals surface area contributed by atoms with Crippen molar-refractivity contribution >= 4 is 11.8 Å². The number of rotatable bonds is 1. The standard InChI is InChI=1S/C13H18O3/c1-13-6-4-3-5-10(13)7-9(8-11(13)14)12(15)16-2/h3,5,9-10H,4,6-8H2,1-2H3/t9-,10-,13+/m0/s1. The van der Waals surface area contributed by atoms with Crippen molar-refractivity contribution in [3.63, 3.8) is 0 Å². The van der Waals surface area contributed by atoms with Crippen LogP contribution < -0.4 is 0 Å². The highest BCUT2D eigenvalue weighted by Crippen LogP contribution is 2.47. The number of hydrogen-bond acceptors (Lipinski definition) is 3. The van der Waals surface area contributed by atoms with Crippen LogP contribution in [-0.2, 0) is 14.3 Å². The van der Waals surface area contributed by atoms with Crippen LogP contribution in [0.5, 0.6) is 0 Å². The van der Waals surface area contributed by atoms with E-state index < -0.39 is 0 Å². The van der Waals surface area contributed by atoms with E-state index in [1.807, 2.05) is 6.92 Å². The second-order valence-electron chi connectivity index (χ2n) is 5.07. The first-order valence-electron chi connectivity index (χ1n) is 5.85. The summed E-state index contributed by atoms with van der Waals surface area (Å²) in [5.74, 6) is -0.0391. The minimum atomic E-state index is -0.241. The Kier molecular flexibility index (Phi) is 2.87. The smallest absolute Gasteiger partial charge is 0.309 e. The number of ether oxygens (including phenoxy) is 1. The minimum Gasteiger partial charge on any atom is -0.469 e. The fourth-order valence-corrected chi connectivity index (χ4v) is 2.92. The molecule has 0 spiro atoms. The van der Waals surface area contributed by atoms with Crippen LogP contribution >= 0.6 is 0 Å². The third-order valence-electron chi connectivity index (χ3n) is 4.16. The first kappa shape index (κ1) is 11.4. The molecule has 3 heteroatoms. The van der Waals surface area contributed by atoms with Crippen molar-refractivity contribution in [1.29, 1.82) is 0 Å². The van der Waals surface area contributed by atoms with E-state index in [1.54, 1.807) is 0 Å². The number of hydrogen-bond donors (Lipinski definition) is 0. The lowest BCUT2D eigenvalue weighted by Crippen LogP contribution is -2.44. The first-order chi connectivity index (χ1) is 7.58. The summed E-state index contributed by atoms with van der Waals surface area (Å²) in [5, 5.41) is 0. The lowest BCUT2D eigenvalue weighted by molar-refractivity contribution is -0.153. The molecule has 1 saturated carbocycles. The molecule has 2 aliphatic rings. The predicted octanol–water partition coefficient (Wildman–Crippen LogP) is 2.11. The second kappa shape index (κ2) is 4.04. The zero-order valence-corrected chi connectivity index (χ0v) is 9.86. The number of allylic oxidation sites excluding steroid dienone is 2. The van der Waals surface area contributed by atoms with Gasteiger partial charge >= 0.3 is 5.97 Å². The molecule has 3 nitrogen and oxygen atoms in total. The van der Waals surface area contributed by atoms with E-state index in [1.165, 1.54) is 7.11 Å². The lowest BCUT2D eigenvalue weighted by Gasteiger charge is -2.42. The molecule has 0 unspecified atom stereocenters. The van der Waals surface area contributed by atoms with Gasteiger partial charge in [-0.15, -0.1) is 0 Å². The van der Waals surface area contributed by atoms with Crippen LogP contribution in [0.3, 0.4) is 0 Å². The van der Waals surface area contributed by atoms with Gasteiger partial charge < -0.3 is 4.74 Å². The number of ketones is 1. The van der Waals surface area contributed by atoms with Crippen molar-refractivity contribution in [2.45, 2.75) is 32.6 Å². The van der Waals surface area contributed by atoms with Gasteiger partial charge in [-0.05, 0) is 25.2 Å². The molecule has 16 heavy (non-hydrogen) atoms. The highest BCUT2D eigenvalue weighted by Gasteiger charge is 2.47. The highest BCUT2D eigenvalue weighted by molar-refractivity contribution is 5.90. The summed E-state index contributed by atoms with van der Waals surface area (Å²) in [4.78, 5) is 23.6. The molecule has 0 amide bonds. The van der Waals surface area contributed by atoms with E-state index in [-0.39, 0.29) is 29.0 Å². The normalized spacial score (nSPS) is 38.0. The maximum atomic E-state index is 12.1. The SMILES string of the molecule is COC(=O)[C@@H]1CC(=O)[C@]2(C)CCC=C[C@H]2C1. The summed E-state index contributed by atoms with van der Waals surface area (Å²) < 4.78 is 4.74. The van der Waals surface area contributed by atoms with Gasteiger partial charge in [-0.25, -0.2) is 0 Å². The van der Waals surface area contributed by atoms with E-state index >= 15 is 0 Å². The summed E-state index contributed by atoms with van der Waals surface area (Å²) in [6.45, 7) is 2.04. The number of methoxy groups -OCH3 is 1. The Morgan fingerprint density at radius 1 is 1.56 bits per heavy atom. The molecule has 0 aromatic carbocycles. The van der Waals surface area contributed by atoms with Gasteiger partial charge in [-0.3, -0.25) is 9.59 Å². The average Bonchev–Trinajstić information content (AvgIpc) is 2.29. The monoisotopic (exact) mass is 222 g/mol. The van der Waals surface area contributed by atoms with Gasteiger partial charge in [0.2, 0.25) is 0 Å². The van der Waals surface area contributed by atoms with Gasteiger partial charge in [0.15, 0.2) is 0 Å². The molecule has 2 rings (SSSR count). The molecule has 0 aromatic heterocycles. The Hall–Kier alpha value is -1.12. The quantitative estimate of drug-likeness (QED) is 0.504. The number of esters is 1. The molecule has 3 atom stereocenters. The fraction of sp³-hybridized carbons (Fsp3) is 0.692. The molecule has 88 valence electrons. The Morgan fingerprint density at radius 2 is 2.31 bits per heavy atom. The fourth-order valence-electron chi connectivity index (χ4n) is 2.92. The Labute approximate surface area is 95.9 Å². The molecule has 0 aliphatic heterocycles. The molecule has 0 N–H and O–H groups in total. The van der Waals surface area contributed by atoms with Crippen LogP contribution in [0.25, 0.3) is 0 Å². The molecule has 2 aliphatic carbocycles. The maximum absolute atomic E-state index is 12.1. The largest absolute Gasteiger partial charge is 0.469 e. The van der Waals surface area contributed by atoms with Crippen molar-refractivity contribution in [2.24, 2.45) is 17.3 Å². The third-order valence-corrected chi connectivity index (χ3v) is 4.16. The van der Waals surface area contributed by atoms with Crippen molar-refractivity contribution in [3.8, 4) is 0 Å². The summed E-state index contributed by atoms with van der Waals surface area (Å²) in [6.07, 6.45) is 7.23. The van der Waals surface area contributed by atoms with Crippen LogP contribution in [0.4, 0.5) is 0 Å².